The molecule has 110 valence electrons. The van der Waals surface area contributed by atoms with E-state index in [1.807, 2.05) is 0 Å². The Morgan fingerprint density at radius 3 is 2.70 bits per heavy atom. The van der Waals surface area contributed by atoms with Gasteiger partial charge in [-0.15, -0.1) is 0 Å². The Balaban J connectivity index is 2.00. The maximum Gasteiger partial charge on any atom is 0.252 e. The maximum absolute atomic E-state index is 12.0. The van der Waals surface area contributed by atoms with Gasteiger partial charge in [-0.05, 0) is 52.9 Å². The number of carbonyl (C=O) groups is 1. The van der Waals surface area contributed by atoms with E-state index in [-0.39, 0.29) is 16.4 Å². The molecule has 3 N–H and O–H groups in total. The highest BCUT2D eigenvalue weighted by molar-refractivity contribution is 9.10. The van der Waals surface area contributed by atoms with E-state index in [1.165, 1.54) is 31.0 Å². The third kappa shape index (κ3) is 4.29. The van der Waals surface area contributed by atoms with Gasteiger partial charge < -0.3 is 5.32 Å². The fourth-order valence-electron chi connectivity index (χ4n) is 1.95. The number of benzene rings is 1. The monoisotopic (exact) mass is 360 g/mol. The van der Waals surface area contributed by atoms with Crippen LogP contribution in [0.4, 0.5) is 0 Å². The number of sulfonamides is 1. The molecule has 0 radical (unpaired) electrons. The Kier molecular flexibility index (Phi) is 4.82. The lowest BCUT2D eigenvalue weighted by Crippen LogP contribution is -2.25. The molecular formula is C13H17BrN2O3S. The smallest absolute Gasteiger partial charge is 0.252 e. The van der Waals surface area contributed by atoms with Gasteiger partial charge in [-0.3, -0.25) is 4.79 Å². The Bertz CT molecular complexity index is 612. The molecule has 0 spiro atoms. The number of hydrogen-bond donors (Lipinski definition) is 2. The topological polar surface area (TPSA) is 89.3 Å². The summed E-state index contributed by atoms with van der Waals surface area (Å²) in [4.78, 5) is 12.0. The quantitative estimate of drug-likeness (QED) is 0.760. The molecule has 20 heavy (non-hydrogen) atoms. The predicted octanol–water partition coefficient (Wildman–Crippen LogP) is 2.02. The van der Waals surface area contributed by atoms with Crippen molar-refractivity contribution in [1.82, 2.24) is 5.32 Å². The van der Waals surface area contributed by atoms with Crippen molar-refractivity contribution in [3.63, 3.8) is 0 Å². The van der Waals surface area contributed by atoms with E-state index in [4.69, 9.17) is 5.14 Å². The van der Waals surface area contributed by atoms with E-state index in [9.17, 15) is 13.2 Å². The minimum absolute atomic E-state index is 0.0659. The second kappa shape index (κ2) is 6.24. The van der Waals surface area contributed by atoms with E-state index < -0.39 is 10.0 Å². The van der Waals surface area contributed by atoms with Crippen LogP contribution in [0.15, 0.2) is 27.6 Å². The molecular weight excluding hydrogens is 344 g/mol. The molecule has 0 aliphatic heterocycles. The lowest BCUT2D eigenvalue weighted by molar-refractivity contribution is 0.0952. The van der Waals surface area contributed by atoms with Crippen LogP contribution in [0.25, 0.3) is 0 Å². The molecule has 1 aliphatic carbocycles. The molecule has 1 fully saturated rings. The van der Waals surface area contributed by atoms with Crippen molar-refractivity contribution in [3.05, 3.63) is 28.2 Å². The number of amides is 1. The molecule has 5 nitrogen and oxygen atoms in total. The second-order valence-electron chi connectivity index (χ2n) is 5.03. The molecule has 2 rings (SSSR count). The summed E-state index contributed by atoms with van der Waals surface area (Å²) in [5, 5.41) is 7.86. The lowest BCUT2D eigenvalue weighted by atomic mass is 10.2. The summed E-state index contributed by atoms with van der Waals surface area (Å²) in [6, 6.07) is 4.16. The summed E-state index contributed by atoms with van der Waals surface area (Å²) in [6.07, 6.45) is 4.69. The molecule has 0 atom stereocenters. The van der Waals surface area contributed by atoms with Gasteiger partial charge in [0, 0.05) is 11.0 Å². The van der Waals surface area contributed by atoms with Crippen molar-refractivity contribution >= 4 is 31.9 Å². The SMILES string of the molecule is NS(=O)(=O)c1ccc(Br)c(C(=O)NCCCC2CC2)c1. The molecule has 0 unspecified atom stereocenters. The van der Waals surface area contributed by atoms with Crippen molar-refractivity contribution in [3.8, 4) is 0 Å². The van der Waals surface area contributed by atoms with Gasteiger partial charge in [-0.25, -0.2) is 13.6 Å². The molecule has 1 amide bonds. The minimum atomic E-state index is -3.80. The first-order valence-electron chi connectivity index (χ1n) is 6.48. The third-order valence-corrected chi connectivity index (χ3v) is 4.89. The van der Waals surface area contributed by atoms with Crippen molar-refractivity contribution < 1.29 is 13.2 Å². The molecule has 1 saturated carbocycles. The second-order valence-corrected chi connectivity index (χ2v) is 7.44. The number of hydrogen-bond acceptors (Lipinski definition) is 3. The highest BCUT2D eigenvalue weighted by Gasteiger charge is 2.20. The summed E-state index contributed by atoms with van der Waals surface area (Å²) < 4.78 is 23.1. The minimum Gasteiger partial charge on any atom is -0.352 e. The van der Waals surface area contributed by atoms with E-state index in [0.717, 1.165) is 18.8 Å². The Morgan fingerprint density at radius 1 is 1.40 bits per heavy atom. The average Bonchev–Trinajstić information content (AvgIpc) is 3.17. The number of halogens is 1. The first-order chi connectivity index (χ1) is 9.38. The Hall–Kier alpha value is -0.920. The molecule has 0 saturated heterocycles. The van der Waals surface area contributed by atoms with Crippen LogP contribution in [0, 0.1) is 5.92 Å². The predicted molar refractivity (Wildman–Crippen MR) is 79.8 cm³/mol. The zero-order valence-electron chi connectivity index (χ0n) is 10.9. The van der Waals surface area contributed by atoms with Crippen LogP contribution in [0.3, 0.4) is 0 Å². The van der Waals surface area contributed by atoms with Crippen molar-refractivity contribution in [2.75, 3.05) is 6.54 Å². The van der Waals surface area contributed by atoms with E-state index in [1.54, 1.807) is 0 Å². The maximum atomic E-state index is 12.0. The van der Waals surface area contributed by atoms with Crippen molar-refractivity contribution in [1.29, 1.82) is 0 Å². The van der Waals surface area contributed by atoms with Gasteiger partial charge in [-0.1, -0.05) is 12.8 Å². The molecule has 0 bridgehead atoms. The van der Waals surface area contributed by atoms with Gasteiger partial charge in [0.2, 0.25) is 10.0 Å². The highest BCUT2D eigenvalue weighted by Crippen LogP contribution is 2.33. The standard InChI is InChI=1S/C13H17BrN2O3S/c14-12-6-5-10(20(15,18)19)8-11(12)13(17)16-7-1-2-9-3-4-9/h5-6,8-9H,1-4,7H2,(H,16,17)(H2,15,18,19). The first-order valence-corrected chi connectivity index (χ1v) is 8.82. The number of nitrogens with one attached hydrogen (secondary N) is 1. The van der Waals surface area contributed by atoms with E-state index >= 15 is 0 Å². The van der Waals surface area contributed by atoms with Crippen LogP contribution in [0.2, 0.25) is 0 Å². The first kappa shape index (κ1) is 15.5. The third-order valence-electron chi connectivity index (χ3n) is 3.28. The summed E-state index contributed by atoms with van der Waals surface area (Å²) in [5.74, 6) is 0.544. The van der Waals surface area contributed by atoms with Crippen LogP contribution in [-0.4, -0.2) is 20.9 Å². The summed E-state index contributed by atoms with van der Waals surface area (Å²) in [7, 11) is -3.80. The van der Waals surface area contributed by atoms with Gasteiger partial charge in [0.05, 0.1) is 10.5 Å². The summed E-state index contributed by atoms with van der Waals surface area (Å²) >= 11 is 3.24. The van der Waals surface area contributed by atoms with Crippen molar-refractivity contribution in [2.24, 2.45) is 11.1 Å². The van der Waals surface area contributed by atoms with Crippen LogP contribution in [0.1, 0.15) is 36.0 Å². The largest absolute Gasteiger partial charge is 0.352 e. The Labute approximate surface area is 127 Å². The number of primary sulfonamides is 1. The van der Waals surface area contributed by atoms with Crippen LogP contribution < -0.4 is 10.5 Å². The number of nitrogens with two attached hydrogens (primary N) is 1. The molecule has 1 aromatic rings. The van der Waals surface area contributed by atoms with Crippen LogP contribution in [0.5, 0.6) is 0 Å². The van der Waals surface area contributed by atoms with Gasteiger partial charge >= 0.3 is 0 Å². The average molecular weight is 361 g/mol. The van der Waals surface area contributed by atoms with Gasteiger partial charge in [0.15, 0.2) is 0 Å². The summed E-state index contributed by atoms with van der Waals surface area (Å²) in [6.45, 7) is 0.599. The van der Waals surface area contributed by atoms with E-state index in [0.29, 0.717) is 11.0 Å². The normalized spacial score (nSPS) is 15.1. The fourth-order valence-corrected chi connectivity index (χ4v) is 2.92. The number of carbonyl (C=O) groups excluding carboxylic acids is 1. The molecule has 1 aliphatic rings. The highest BCUT2D eigenvalue weighted by atomic mass is 79.9. The Morgan fingerprint density at radius 2 is 2.10 bits per heavy atom. The number of rotatable bonds is 6. The molecule has 7 heteroatoms. The lowest BCUT2D eigenvalue weighted by Gasteiger charge is -2.08. The molecule has 0 aromatic heterocycles. The van der Waals surface area contributed by atoms with Gasteiger partial charge in [0.1, 0.15) is 0 Å². The summed E-state index contributed by atoms with van der Waals surface area (Å²) in [5.41, 5.74) is 0.281. The fraction of sp³-hybridized carbons (Fsp3) is 0.462. The zero-order chi connectivity index (χ0) is 14.8. The molecule has 0 heterocycles. The van der Waals surface area contributed by atoms with E-state index in [2.05, 4.69) is 21.2 Å². The zero-order valence-corrected chi connectivity index (χ0v) is 13.3. The van der Waals surface area contributed by atoms with Crippen LogP contribution >= 0.6 is 15.9 Å². The van der Waals surface area contributed by atoms with Gasteiger partial charge in [0.25, 0.3) is 5.91 Å². The van der Waals surface area contributed by atoms with Crippen molar-refractivity contribution in [2.45, 2.75) is 30.6 Å². The molecule has 1 aromatic carbocycles. The van der Waals surface area contributed by atoms with Crippen LogP contribution in [-0.2, 0) is 10.0 Å². The van der Waals surface area contributed by atoms with Gasteiger partial charge in [-0.2, -0.15) is 0 Å².